The maximum atomic E-state index is 5.98. The molecule has 1 heterocycles. The van der Waals surface area contributed by atoms with Crippen molar-refractivity contribution in [1.29, 1.82) is 0 Å². The molecule has 116 valence electrons. The van der Waals surface area contributed by atoms with Crippen molar-refractivity contribution in [2.45, 2.75) is 50.7 Å². The van der Waals surface area contributed by atoms with Gasteiger partial charge in [-0.05, 0) is 44.1 Å². The van der Waals surface area contributed by atoms with Crippen LogP contribution in [0, 0.1) is 5.92 Å². The fourth-order valence-corrected chi connectivity index (χ4v) is 2.69. The predicted octanol–water partition coefficient (Wildman–Crippen LogP) is 2.79. The normalized spacial score (nSPS) is 25.6. The van der Waals surface area contributed by atoms with Crippen LogP contribution >= 0.6 is 0 Å². The third-order valence-corrected chi connectivity index (χ3v) is 4.22. The minimum atomic E-state index is 0.163. The third-order valence-electron chi connectivity index (χ3n) is 4.22. The lowest BCUT2D eigenvalue weighted by atomic mass is 9.95. The van der Waals surface area contributed by atoms with Crippen LogP contribution in [-0.2, 0) is 4.74 Å². The van der Waals surface area contributed by atoms with Gasteiger partial charge in [0.2, 0.25) is 11.8 Å². The zero-order valence-corrected chi connectivity index (χ0v) is 12.6. The molecule has 2 aliphatic carbocycles. The monoisotopic (exact) mass is 292 g/mol. The van der Waals surface area contributed by atoms with Crippen molar-refractivity contribution in [2.75, 3.05) is 19.5 Å². The Morgan fingerprint density at radius 3 is 2.76 bits per heavy atom. The predicted molar refractivity (Wildman–Crippen MR) is 80.5 cm³/mol. The van der Waals surface area contributed by atoms with Gasteiger partial charge in [0.25, 0.3) is 0 Å². The first kappa shape index (κ1) is 14.4. The molecule has 2 saturated carbocycles. The van der Waals surface area contributed by atoms with E-state index in [1.54, 1.807) is 13.2 Å². The number of anilines is 1. The molecular weight excluding hydrogens is 268 g/mol. The summed E-state index contributed by atoms with van der Waals surface area (Å²) >= 11 is 0. The number of hydrogen-bond donors (Lipinski definition) is 1. The first-order valence-electron chi connectivity index (χ1n) is 7.83. The highest BCUT2D eigenvalue weighted by atomic mass is 16.5. The summed E-state index contributed by atoms with van der Waals surface area (Å²) in [4.78, 5) is 4.41. The van der Waals surface area contributed by atoms with Crippen molar-refractivity contribution in [3.63, 3.8) is 0 Å². The van der Waals surface area contributed by atoms with Crippen molar-refractivity contribution < 1.29 is 14.2 Å². The molecule has 2 fully saturated rings. The molecule has 5 heteroatoms. The van der Waals surface area contributed by atoms with Crippen LogP contribution in [-0.4, -0.2) is 30.9 Å². The van der Waals surface area contributed by atoms with Gasteiger partial charge in [-0.3, -0.25) is 0 Å². The number of hydrogen-bond acceptors (Lipinski definition) is 5. The fourth-order valence-electron chi connectivity index (χ4n) is 2.69. The first-order valence-corrected chi connectivity index (χ1v) is 7.83. The molecule has 1 aromatic heterocycles. The Hall–Kier alpha value is -1.49. The van der Waals surface area contributed by atoms with Crippen LogP contribution in [0.3, 0.4) is 0 Å². The van der Waals surface area contributed by atoms with Crippen LogP contribution in [0.5, 0.6) is 11.8 Å². The van der Waals surface area contributed by atoms with Crippen molar-refractivity contribution in [3.05, 3.63) is 12.1 Å². The second kappa shape index (κ2) is 6.52. The van der Waals surface area contributed by atoms with E-state index in [2.05, 4.69) is 4.98 Å². The average molecular weight is 292 g/mol. The van der Waals surface area contributed by atoms with E-state index in [1.165, 1.54) is 12.8 Å². The van der Waals surface area contributed by atoms with E-state index >= 15 is 0 Å². The highest BCUT2D eigenvalue weighted by Gasteiger charge is 2.24. The lowest BCUT2D eigenvalue weighted by Crippen LogP contribution is -2.29. The van der Waals surface area contributed by atoms with Gasteiger partial charge >= 0.3 is 0 Å². The average Bonchev–Trinajstić information content (AvgIpc) is 3.32. The van der Waals surface area contributed by atoms with Crippen LogP contribution in [0.25, 0.3) is 0 Å². The summed E-state index contributed by atoms with van der Waals surface area (Å²) < 4.78 is 17.1. The number of nitrogens with two attached hydrogens (primary N) is 1. The van der Waals surface area contributed by atoms with E-state index in [4.69, 9.17) is 19.9 Å². The molecule has 0 spiro atoms. The Morgan fingerprint density at radius 2 is 2.00 bits per heavy atom. The molecule has 2 atom stereocenters. The van der Waals surface area contributed by atoms with E-state index in [1.807, 2.05) is 6.07 Å². The summed E-state index contributed by atoms with van der Waals surface area (Å²) in [7, 11) is 1.76. The molecule has 2 aliphatic rings. The van der Waals surface area contributed by atoms with Gasteiger partial charge in [0.15, 0.2) is 0 Å². The van der Waals surface area contributed by atoms with E-state index in [9.17, 15) is 0 Å². The first-order chi connectivity index (χ1) is 10.2. The molecule has 0 amide bonds. The minimum absolute atomic E-state index is 0.163. The van der Waals surface area contributed by atoms with Gasteiger partial charge in [0.1, 0.15) is 6.10 Å². The number of nitrogens with zero attached hydrogens (tertiary/aromatic N) is 1. The molecule has 5 nitrogen and oxygen atoms in total. The molecule has 21 heavy (non-hydrogen) atoms. The molecule has 0 aliphatic heterocycles. The standard InChI is InChI=1S/C16H24N2O3/c1-19-12-3-2-4-13(9-12)21-15-8-7-14(17)16(18-15)20-10-11-5-6-11/h7-8,11-13H,2-6,9-10,17H2,1H3. The lowest BCUT2D eigenvalue weighted by molar-refractivity contribution is 0.0193. The van der Waals surface area contributed by atoms with Crippen molar-refractivity contribution in [2.24, 2.45) is 5.92 Å². The Morgan fingerprint density at radius 1 is 1.19 bits per heavy atom. The molecular formula is C16H24N2O3. The summed E-state index contributed by atoms with van der Waals surface area (Å²) in [6, 6.07) is 3.62. The maximum Gasteiger partial charge on any atom is 0.240 e. The minimum Gasteiger partial charge on any atom is -0.476 e. The van der Waals surface area contributed by atoms with E-state index in [0.29, 0.717) is 36.1 Å². The van der Waals surface area contributed by atoms with Gasteiger partial charge in [-0.2, -0.15) is 4.98 Å². The fraction of sp³-hybridized carbons (Fsp3) is 0.688. The zero-order chi connectivity index (χ0) is 14.7. The quantitative estimate of drug-likeness (QED) is 0.873. The number of nitrogen functional groups attached to an aromatic ring is 1. The molecule has 0 bridgehead atoms. The van der Waals surface area contributed by atoms with E-state index in [-0.39, 0.29) is 6.10 Å². The second-order valence-electron chi connectivity index (χ2n) is 6.06. The van der Waals surface area contributed by atoms with Gasteiger partial charge in [0, 0.05) is 19.6 Å². The summed E-state index contributed by atoms with van der Waals surface area (Å²) in [5, 5.41) is 0. The Labute approximate surface area is 125 Å². The molecule has 0 radical (unpaired) electrons. The molecule has 0 aromatic carbocycles. The molecule has 0 saturated heterocycles. The van der Waals surface area contributed by atoms with Gasteiger partial charge in [-0.15, -0.1) is 0 Å². The Kier molecular flexibility index (Phi) is 4.48. The van der Waals surface area contributed by atoms with E-state index < -0.39 is 0 Å². The van der Waals surface area contributed by atoms with Gasteiger partial charge in [-0.1, -0.05) is 0 Å². The lowest BCUT2D eigenvalue weighted by Gasteiger charge is -2.28. The van der Waals surface area contributed by atoms with Gasteiger partial charge in [0.05, 0.1) is 18.4 Å². The van der Waals surface area contributed by atoms with E-state index in [0.717, 1.165) is 25.7 Å². The second-order valence-corrected chi connectivity index (χ2v) is 6.06. The smallest absolute Gasteiger partial charge is 0.240 e. The van der Waals surface area contributed by atoms with Crippen molar-refractivity contribution in [3.8, 4) is 11.8 Å². The highest BCUT2D eigenvalue weighted by Crippen LogP contribution is 2.31. The van der Waals surface area contributed by atoms with Gasteiger partial charge < -0.3 is 19.9 Å². The summed E-state index contributed by atoms with van der Waals surface area (Å²) in [6.07, 6.45) is 7.15. The van der Waals surface area contributed by atoms with Crippen LogP contribution in [0.2, 0.25) is 0 Å². The number of pyridine rings is 1. The summed E-state index contributed by atoms with van der Waals surface area (Å²) in [5.41, 5.74) is 6.48. The van der Waals surface area contributed by atoms with Crippen molar-refractivity contribution in [1.82, 2.24) is 4.98 Å². The zero-order valence-electron chi connectivity index (χ0n) is 12.6. The molecule has 3 rings (SSSR count). The van der Waals surface area contributed by atoms with Crippen molar-refractivity contribution >= 4 is 5.69 Å². The highest BCUT2D eigenvalue weighted by molar-refractivity contribution is 5.49. The third kappa shape index (κ3) is 4.00. The topological polar surface area (TPSA) is 66.6 Å². The van der Waals surface area contributed by atoms with Crippen LogP contribution in [0.1, 0.15) is 38.5 Å². The maximum absolute atomic E-state index is 5.98. The Bertz CT molecular complexity index is 477. The summed E-state index contributed by atoms with van der Waals surface area (Å²) in [6.45, 7) is 0.704. The Balaban J connectivity index is 1.60. The van der Waals surface area contributed by atoms with Crippen LogP contribution < -0.4 is 15.2 Å². The van der Waals surface area contributed by atoms with Crippen LogP contribution in [0.15, 0.2) is 12.1 Å². The SMILES string of the molecule is COC1CCCC(Oc2ccc(N)c(OCC3CC3)n2)C1. The number of aromatic nitrogens is 1. The van der Waals surface area contributed by atoms with Gasteiger partial charge in [-0.25, -0.2) is 0 Å². The number of rotatable bonds is 6. The molecule has 2 N–H and O–H groups in total. The number of ether oxygens (including phenoxy) is 3. The molecule has 2 unspecified atom stereocenters. The summed E-state index contributed by atoms with van der Waals surface area (Å²) in [5.74, 6) is 1.77. The molecule has 1 aromatic rings. The number of methoxy groups -OCH3 is 1. The van der Waals surface area contributed by atoms with Crippen LogP contribution in [0.4, 0.5) is 5.69 Å². The largest absolute Gasteiger partial charge is 0.476 e.